The molecule has 5 nitrogen and oxygen atoms in total. The highest BCUT2D eigenvalue weighted by Crippen LogP contribution is 2.29. The zero-order chi connectivity index (χ0) is 15.4. The molecule has 1 fully saturated rings. The highest BCUT2D eigenvalue weighted by molar-refractivity contribution is 5.94. The van der Waals surface area contributed by atoms with Gasteiger partial charge < -0.3 is 19.9 Å². The molecule has 1 aromatic rings. The monoisotopic (exact) mass is 293 g/mol. The van der Waals surface area contributed by atoms with Crippen molar-refractivity contribution in [3.63, 3.8) is 0 Å². The van der Waals surface area contributed by atoms with E-state index in [9.17, 15) is 4.79 Å². The Hall–Kier alpha value is -1.75. The number of anilines is 1. The van der Waals surface area contributed by atoms with Crippen LogP contribution in [0.5, 0.6) is 5.75 Å². The van der Waals surface area contributed by atoms with Gasteiger partial charge >= 0.3 is 5.97 Å². The molecule has 2 N–H and O–H groups in total. The maximum atomic E-state index is 12.4. The van der Waals surface area contributed by atoms with Crippen LogP contribution in [0.25, 0.3) is 0 Å². The van der Waals surface area contributed by atoms with Crippen molar-refractivity contribution >= 4 is 11.7 Å². The fraction of sp³-hybridized carbons (Fsp3) is 0.562. The van der Waals surface area contributed by atoms with Crippen molar-refractivity contribution in [1.29, 1.82) is 0 Å². The van der Waals surface area contributed by atoms with Gasteiger partial charge in [-0.25, -0.2) is 4.79 Å². The summed E-state index contributed by atoms with van der Waals surface area (Å²) < 4.78 is 16.7. The van der Waals surface area contributed by atoms with Gasteiger partial charge in [-0.15, -0.1) is 0 Å². The number of hydrogen-bond donors (Lipinski definition) is 1. The van der Waals surface area contributed by atoms with E-state index in [1.165, 1.54) is 0 Å². The number of carbonyl (C=O) groups excluding carboxylic acids is 1. The van der Waals surface area contributed by atoms with E-state index in [1.54, 1.807) is 18.2 Å². The number of nitrogen functional groups attached to an aromatic ring is 1. The second-order valence-corrected chi connectivity index (χ2v) is 5.41. The zero-order valence-corrected chi connectivity index (χ0v) is 12.8. The molecule has 1 heterocycles. The Morgan fingerprint density at radius 3 is 2.62 bits per heavy atom. The first-order chi connectivity index (χ1) is 10.0. The summed E-state index contributed by atoms with van der Waals surface area (Å²) in [6.45, 7) is 6.27. The van der Waals surface area contributed by atoms with Crippen molar-refractivity contribution in [1.82, 2.24) is 0 Å². The minimum atomic E-state index is -0.392. The molecule has 1 saturated heterocycles. The Kier molecular flexibility index (Phi) is 5.07. The van der Waals surface area contributed by atoms with Gasteiger partial charge in [-0.1, -0.05) is 6.07 Å². The molecule has 0 saturated carbocycles. The fourth-order valence-corrected chi connectivity index (χ4v) is 2.68. The number of hydrogen-bond acceptors (Lipinski definition) is 5. The number of benzene rings is 1. The van der Waals surface area contributed by atoms with Crippen molar-refractivity contribution in [2.75, 3.05) is 12.3 Å². The molecule has 0 spiro atoms. The van der Waals surface area contributed by atoms with E-state index in [1.807, 2.05) is 20.8 Å². The van der Waals surface area contributed by atoms with E-state index in [4.69, 9.17) is 19.9 Å². The van der Waals surface area contributed by atoms with Crippen LogP contribution in [0, 0.1) is 0 Å². The molecule has 0 amide bonds. The third-order valence-corrected chi connectivity index (χ3v) is 3.48. The van der Waals surface area contributed by atoms with Crippen LogP contribution in [-0.2, 0) is 9.47 Å². The van der Waals surface area contributed by atoms with Gasteiger partial charge in [-0.05, 0) is 32.9 Å². The summed E-state index contributed by atoms with van der Waals surface area (Å²) in [4.78, 5) is 12.4. The predicted octanol–water partition coefficient (Wildman–Crippen LogP) is 2.78. The first kappa shape index (κ1) is 15.6. The summed E-state index contributed by atoms with van der Waals surface area (Å²) >= 11 is 0. The number of rotatable bonds is 4. The molecule has 1 aliphatic heterocycles. The van der Waals surface area contributed by atoms with Crippen LogP contribution in [0.4, 0.5) is 5.69 Å². The topological polar surface area (TPSA) is 70.8 Å². The van der Waals surface area contributed by atoms with Crippen LogP contribution in [0.3, 0.4) is 0 Å². The van der Waals surface area contributed by atoms with Crippen molar-refractivity contribution in [3.05, 3.63) is 23.8 Å². The van der Waals surface area contributed by atoms with Crippen LogP contribution in [0.2, 0.25) is 0 Å². The summed E-state index contributed by atoms with van der Waals surface area (Å²) in [5.41, 5.74) is 6.69. The van der Waals surface area contributed by atoms with E-state index >= 15 is 0 Å². The maximum absolute atomic E-state index is 12.4. The van der Waals surface area contributed by atoms with Crippen LogP contribution in [0.15, 0.2) is 18.2 Å². The van der Waals surface area contributed by atoms with E-state index in [0.717, 1.165) is 0 Å². The van der Waals surface area contributed by atoms with Crippen LogP contribution >= 0.6 is 0 Å². The third kappa shape index (κ3) is 3.88. The second kappa shape index (κ2) is 6.80. The van der Waals surface area contributed by atoms with E-state index in [-0.39, 0.29) is 18.3 Å². The standard InChI is InChI=1S/C16H23NO4/c1-4-19-15-13(6-5-7-14(15)17)16(18)21-12-8-10(2)20-11(3)9-12/h5-7,10-12H,4,8-9,17H2,1-3H3. The van der Waals surface area contributed by atoms with Gasteiger partial charge in [-0.2, -0.15) is 0 Å². The second-order valence-electron chi connectivity index (χ2n) is 5.41. The summed E-state index contributed by atoms with van der Waals surface area (Å²) in [7, 11) is 0. The first-order valence-corrected chi connectivity index (χ1v) is 7.39. The molecule has 1 aromatic carbocycles. The van der Waals surface area contributed by atoms with Crippen LogP contribution < -0.4 is 10.5 Å². The lowest BCUT2D eigenvalue weighted by atomic mass is 10.0. The van der Waals surface area contributed by atoms with E-state index in [0.29, 0.717) is 36.4 Å². The van der Waals surface area contributed by atoms with Gasteiger partial charge in [0, 0.05) is 12.8 Å². The Labute approximate surface area is 125 Å². The highest BCUT2D eigenvalue weighted by Gasteiger charge is 2.28. The quantitative estimate of drug-likeness (QED) is 0.682. The molecule has 2 unspecified atom stereocenters. The molecular formula is C16H23NO4. The molecule has 2 atom stereocenters. The molecular weight excluding hydrogens is 270 g/mol. The first-order valence-electron chi connectivity index (χ1n) is 7.39. The molecule has 0 bridgehead atoms. The Morgan fingerprint density at radius 2 is 2.00 bits per heavy atom. The maximum Gasteiger partial charge on any atom is 0.342 e. The number of nitrogens with two attached hydrogens (primary N) is 1. The molecule has 2 rings (SSSR count). The zero-order valence-electron chi connectivity index (χ0n) is 12.8. The minimum Gasteiger partial charge on any atom is -0.491 e. The summed E-state index contributed by atoms with van der Waals surface area (Å²) in [5, 5.41) is 0. The van der Waals surface area contributed by atoms with Crippen LogP contribution in [0.1, 0.15) is 44.0 Å². The lowest BCUT2D eigenvalue weighted by Crippen LogP contribution is -2.35. The van der Waals surface area contributed by atoms with Gasteiger partial charge in [0.15, 0.2) is 5.75 Å². The summed E-state index contributed by atoms with van der Waals surface area (Å²) in [6, 6.07) is 5.11. The Bertz CT molecular complexity index is 493. The lowest BCUT2D eigenvalue weighted by Gasteiger charge is -2.31. The smallest absolute Gasteiger partial charge is 0.342 e. The predicted molar refractivity (Wildman–Crippen MR) is 80.5 cm³/mol. The largest absolute Gasteiger partial charge is 0.491 e. The molecule has 0 aliphatic carbocycles. The van der Waals surface area contributed by atoms with Gasteiger partial charge in [0.1, 0.15) is 11.7 Å². The molecule has 0 aromatic heterocycles. The van der Waals surface area contributed by atoms with E-state index in [2.05, 4.69) is 0 Å². The normalized spacial score (nSPS) is 25.4. The Morgan fingerprint density at radius 1 is 1.33 bits per heavy atom. The van der Waals surface area contributed by atoms with Crippen LogP contribution in [-0.4, -0.2) is 30.9 Å². The number of ether oxygens (including phenoxy) is 3. The van der Waals surface area contributed by atoms with Crippen molar-refractivity contribution in [3.8, 4) is 5.75 Å². The highest BCUT2D eigenvalue weighted by atomic mass is 16.6. The SMILES string of the molecule is CCOc1c(N)cccc1C(=O)OC1CC(C)OC(C)C1. The molecule has 21 heavy (non-hydrogen) atoms. The van der Waals surface area contributed by atoms with Gasteiger partial charge in [0.25, 0.3) is 0 Å². The lowest BCUT2D eigenvalue weighted by molar-refractivity contribution is -0.0855. The fourth-order valence-electron chi connectivity index (χ4n) is 2.68. The third-order valence-electron chi connectivity index (χ3n) is 3.48. The van der Waals surface area contributed by atoms with Gasteiger partial charge in [-0.3, -0.25) is 0 Å². The number of carbonyl (C=O) groups is 1. The van der Waals surface area contributed by atoms with E-state index < -0.39 is 5.97 Å². The molecule has 1 aliphatic rings. The van der Waals surface area contributed by atoms with Gasteiger partial charge in [0.05, 0.1) is 24.5 Å². The average Bonchev–Trinajstić information content (AvgIpc) is 2.40. The van der Waals surface area contributed by atoms with Crippen molar-refractivity contribution < 1.29 is 19.0 Å². The summed E-state index contributed by atoms with van der Waals surface area (Å²) in [5.74, 6) is 0.00945. The summed E-state index contributed by atoms with van der Waals surface area (Å²) in [6.07, 6.45) is 1.48. The Balaban J connectivity index is 2.11. The minimum absolute atomic E-state index is 0.0961. The van der Waals surface area contributed by atoms with Crippen molar-refractivity contribution in [2.24, 2.45) is 0 Å². The molecule has 0 radical (unpaired) electrons. The van der Waals surface area contributed by atoms with Gasteiger partial charge in [0.2, 0.25) is 0 Å². The van der Waals surface area contributed by atoms with Crippen molar-refractivity contribution in [2.45, 2.75) is 51.9 Å². The number of esters is 1. The average molecular weight is 293 g/mol. The molecule has 116 valence electrons. The number of para-hydroxylation sites is 1. The molecule has 5 heteroatoms.